The van der Waals surface area contributed by atoms with E-state index in [9.17, 15) is 26.7 Å². The Bertz CT molecular complexity index is 979. The zero-order chi connectivity index (χ0) is 18.2. The molecule has 0 aliphatic rings. The first-order valence-electron chi connectivity index (χ1n) is 6.88. The summed E-state index contributed by atoms with van der Waals surface area (Å²) < 4.78 is 64.9. The van der Waals surface area contributed by atoms with E-state index < -0.39 is 29.9 Å². The molecule has 0 unspecified atom stereocenters. The molecule has 0 spiro atoms. The van der Waals surface area contributed by atoms with E-state index in [-0.39, 0.29) is 22.7 Å². The van der Waals surface area contributed by atoms with Gasteiger partial charge < -0.3 is 5.32 Å². The summed E-state index contributed by atoms with van der Waals surface area (Å²) in [5.74, 6) is -1.91. The van der Waals surface area contributed by atoms with E-state index in [2.05, 4.69) is 15.3 Å². The molecule has 2 aromatic heterocycles. The molecule has 0 radical (unpaired) electrons. The van der Waals surface area contributed by atoms with Crippen LogP contribution in [0.3, 0.4) is 0 Å². The maximum atomic E-state index is 13.2. The molecule has 10 heteroatoms. The van der Waals surface area contributed by atoms with Crippen LogP contribution in [0.2, 0.25) is 0 Å². The summed E-state index contributed by atoms with van der Waals surface area (Å²) in [6, 6.07) is 4.85. The monoisotopic (exact) mass is 356 g/mol. The Hall–Kier alpha value is -3.04. The number of anilines is 2. The van der Waals surface area contributed by atoms with Crippen LogP contribution in [0.25, 0.3) is 11.0 Å². The second kappa shape index (κ2) is 6.11. The lowest BCUT2D eigenvalue weighted by Crippen LogP contribution is -2.28. The van der Waals surface area contributed by atoms with E-state index in [1.165, 1.54) is 12.3 Å². The Labute approximate surface area is 136 Å². The summed E-state index contributed by atoms with van der Waals surface area (Å²) in [5, 5.41) is 2.70. The van der Waals surface area contributed by atoms with Crippen molar-refractivity contribution < 1.29 is 22.0 Å². The predicted octanol–water partition coefficient (Wildman–Crippen LogP) is 3.38. The lowest BCUT2D eigenvalue weighted by Gasteiger charge is -2.12. The van der Waals surface area contributed by atoms with Crippen molar-refractivity contribution >= 4 is 22.7 Å². The molecule has 0 saturated carbocycles. The smallest absolute Gasteiger partial charge is 0.324 e. The SMILES string of the molecule is O=c1ccc2cnc(Nc3cc(F)cc(F)c3)nc2n1CC(F)(F)F. The van der Waals surface area contributed by atoms with Crippen LogP contribution < -0.4 is 10.9 Å². The number of hydrogen-bond acceptors (Lipinski definition) is 4. The van der Waals surface area contributed by atoms with Crippen molar-refractivity contribution in [1.29, 1.82) is 0 Å². The van der Waals surface area contributed by atoms with Gasteiger partial charge in [0.2, 0.25) is 5.95 Å². The molecule has 25 heavy (non-hydrogen) atoms. The molecule has 2 heterocycles. The van der Waals surface area contributed by atoms with Crippen LogP contribution in [0.1, 0.15) is 0 Å². The Kier molecular flexibility index (Phi) is 4.11. The van der Waals surface area contributed by atoms with Gasteiger partial charge in [0.15, 0.2) is 0 Å². The van der Waals surface area contributed by atoms with Crippen LogP contribution in [0.15, 0.2) is 41.3 Å². The molecule has 0 aliphatic heterocycles. The third-order valence-corrected chi connectivity index (χ3v) is 3.18. The number of nitrogens with one attached hydrogen (secondary N) is 1. The molecule has 0 atom stereocenters. The van der Waals surface area contributed by atoms with Gasteiger partial charge in [-0.2, -0.15) is 18.2 Å². The van der Waals surface area contributed by atoms with Gasteiger partial charge in [-0.3, -0.25) is 9.36 Å². The van der Waals surface area contributed by atoms with Crippen LogP contribution in [0, 0.1) is 11.6 Å². The Morgan fingerprint density at radius 1 is 1.08 bits per heavy atom. The number of benzene rings is 1. The predicted molar refractivity (Wildman–Crippen MR) is 79.5 cm³/mol. The number of fused-ring (bicyclic) bond motifs is 1. The topological polar surface area (TPSA) is 59.8 Å². The molecule has 5 nitrogen and oxygen atoms in total. The standard InChI is InChI=1S/C15H9F5N4O/c16-9-3-10(17)5-11(4-9)22-14-21-6-8-1-2-12(25)24(13(8)23-14)7-15(18,19)20/h1-6H,7H2,(H,21,22,23). The molecular formula is C15H9F5N4O. The highest BCUT2D eigenvalue weighted by Crippen LogP contribution is 2.21. The maximum absolute atomic E-state index is 13.2. The van der Waals surface area contributed by atoms with Gasteiger partial charge in [-0.05, 0) is 18.2 Å². The average Bonchev–Trinajstić information content (AvgIpc) is 2.48. The fourth-order valence-corrected chi connectivity index (χ4v) is 2.22. The lowest BCUT2D eigenvalue weighted by atomic mass is 10.3. The zero-order valence-corrected chi connectivity index (χ0v) is 12.3. The van der Waals surface area contributed by atoms with Crippen LogP contribution in [0.4, 0.5) is 33.6 Å². The number of pyridine rings is 1. The maximum Gasteiger partial charge on any atom is 0.406 e. The van der Waals surface area contributed by atoms with E-state index in [0.717, 1.165) is 18.2 Å². The normalized spacial score (nSPS) is 11.7. The summed E-state index contributed by atoms with van der Waals surface area (Å²) in [4.78, 5) is 19.5. The van der Waals surface area contributed by atoms with Gasteiger partial charge in [-0.25, -0.2) is 13.8 Å². The highest BCUT2D eigenvalue weighted by Gasteiger charge is 2.29. The first kappa shape index (κ1) is 16.8. The van der Waals surface area contributed by atoms with E-state index in [1.807, 2.05) is 0 Å². The second-order valence-corrected chi connectivity index (χ2v) is 5.13. The third-order valence-electron chi connectivity index (χ3n) is 3.18. The molecule has 0 amide bonds. The largest absolute Gasteiger partial charge is 0.406 e. The Balaban J connectivity index is 2.06. The van der Waals surface area contributed by atoms with Gasteiger partial charge in [-0.15, -0.1) is 0 Å². The third kappa shape index (κ3) is 3.90. The summed E-state index contributed by atoms with van der Waals surface area (Å²) >= 11 is 0. The van der Waals surface area contributed by atoms with Crippen molar-refractivity contribution in [1.82, 2.24) is 14.5 Å². The highest BCUT2D eigenvalue weighted by molar-refractivity contribution is 5.75. The molecule has 0 bridgehead atoms. The van der Waals surface area contributed by atoms with Gasteiger partial charge in [-0.1, -0.05) is 0 Å². The fourth-order valence-electron chi connectivity index (χ4n) is 2.22. The van der Waals surface area contributed by atoms with Crippen molar-refractivity contribution in [2.24, 2.45) is 0 Å². The number of hydrogen-bond donors (Lipinski definition) is 1. The van der Waals surface area contributed by atoms with Gasteiger partial charge in [0.1, 0.15) is 23.8 Å². The van der Waals surface area contributed by atoms with Gasteiger partial charge in [0.25, 0.3) is 5.56 Å². The first-order valence-corrected chi connectivity index (χ1v) is 6.88. The molecule has 0 fully saturated rings. The average molecular weight is 356 g/mol. The summed E-state index contributed by atoms with van der Waals surface area (Å²) in [7, 11) is 0. The second-order valence-electron chi connectivity index (χ2n) is 5.13. The fraction of sp³-hybridized carbons (Fsp3) is 0.133. The van der Waals surface area contributed by atoms with Crippen molar-refractivity contribution in [2.75, 3.05) is 5.32 Å². The van der Waals surface area contributed by atoms with Crippen molar-refractivity contribution in [3.05, 3.63) is 58.5 Å². The van der Waals surface area contributed by atoms with E-state index in [0.29, 0.717) is 10.6 Å². The van der Waals surface area contributed by atoms with Gasteiger partial charge in [0, 0.05) is 29.4 Å². The molecule has 3 aromatic rings. The first-order chi connectivity index (χ1) is 11.7. The summed E-state index contributed by atoms with van der Waals surface area (Å²) in [6.07, 6.45) is -3.42. The van der Waals surface area contributed by atoms with Crippen molar-refractivity contribution in [3.8, 4) is 0 Å². The number of nitrogens with zero attached hydrogens (tertiary/aromatic N) is 3. The molecule has 3 rings (SSSR count). The zero-order valence-electron chi connectivity index (χ0n) is 12.3. The minimum atomic E-state index is -4.62. The summed E-state index contributed by atoms with van der Waals surface area (Å²) in [6.45, 7) is -1.52. The van der Waals surface area contributed by atoms with Crippen LogP contribution >= 0.6 is 0 Å². The van der Waals surface area contributed by atoms with E-state index in [1.54, 1.807) is 0 Å². The molecule has 0 saturated heterocycles. The summed E-state index contributed by atoms with van der Waals surface area (Å²) in [5.41, 5.74) is -1.16. The molecule has 1 N–H and O–H groups in total. The quantitative estimate of drug-likeness (QED) is 0.731. The molecule has 1 aromatic carbocycles. The molecular weight excluding hydrogens is 347 g/mol. The number of rotatable bonds is 3. The number of aromatic nitrogens is 3. The highest BCUT2D eigenvalue weighted by atomic mass is 19.4. The Morgan fingerprint density at radius 2 is 1.76 bits per heavy atom. The van der Waals surface area contributed by atoms with Crippen LogP contribution in [0.5, 0.6) is 0 Å². The van der Waals surface area contributed by atoms with E-state index in [4.69, 9.17) is 0 Å². The van der Waals surface area contributed by atoms with Crippen LogP contribution in [-0.2, 0) is 6.54 Å². The molecule has 0 aliphatic carbocycles. The Morgan fingerprint density at radius 3 is 2.40 bits per heavy atom. The lowest BCUT2D eigenvalue weighted by molar-refractivity contribution is -0.140. The number of halogens is 5. The van der Waals surface area contributed by atoms with Crippen LogP contribution in [-0.4, -0.2) is 20.7 Å². The minimum Gasteiger partial charge on any atom is -0.324 e. The number of alkyl halides is 3. The van der Waals surface area contributed by atoms with Crippen molar-refractivity contribution in [3.63, 3.8) is 0 Å². The molecule has 130 valence electrons. The van der Waals surface area contributed by atoms with Gasteiger partial charge >= 0.3 is 6.18 Å². The van der Waals surface area contributed by atoms with E-state index >= 15 is 0 Å². The van der Waals surface area contributed by atoms with Crippen molar-refractivity contribution in [2.45, 2.75) is 12.7 Å². The minimum absolute atomic E-state index is 0.0301. The van der Waals surface area contributed by atoms with Gasteiger partial charge in [0.05, 0.1) is 0 Å².